The lowest BCUT2D eigenvalue weighted by molar-refractivity contribution is -0.0356. The van der Waals surface area contributed by atoms with E-state index in [1.54, 1.807) is 7.11 Å². The molecule has 1 aliphatic heterocycles. The lowest BCUT2D eigenvalue weighted by atomic mass is 9.81. The van der Waals surface area contributed by atoms with E-state index in [4.69, 9.17) is 9.47 Å². The molecule has 1 N–H and O–H groups in total. The molecule has 0 bridgehead atoms. The summed E-state index contributed by atoms with van der Waals surface area (Å²) in [5.74, 6) is 0. The van der Waals surface area contributed by atoms with Crippen molar-refractivity contribution in [2.24, 2.45) is 5.41 Å². The Morgan fingerprint density at radius 2 is 2.24 bits per heavy atom. The molecule has 0 aromatic rings. The van der Waals surface area contributed by atoms with E-state index >= 15 is 0 Å². The molecule has 0 radical (unpaired) electrons. The lowest BCUT2D eigenvalue weighted by Gasteiger charge is -2.43. The van der Waals surface area contributed by atoms with Crippen LogP contribution in [0.3, 0.4) is 0 Å². The number of methoxy groups -OCH3 is 1. The zero-order chi connectivity index (χ0) is 15.1. The van der Waals surface area contributed by atoms with Crippen molar-refractivity contribution in [1.29, 1.82) is 0 Å². The van der Waals surface area contributed by atoms with Crippen LogP contribution in [0, 0.1) is 5.41 Å². The summed E-state index contributed by atoms with van der Waals surface area (Å²) in [5.41, 5.74) is 0.290. The zero-order valence-electron chi connectivity index (χ0n) is 14.2. The molecule has 0 spiro atoms. The van der Waals surface area contributed by atoms with Crippen LogP contribution >= 0.6 is 0 Å². The SMILES string of the molecule is CCC(C)N(CCOC)CC1(CNC2CC2)CCCOC1. The Kier molecular flexibility index (Phi) is 6.93. The average molecular weight is 298 g/mol. The minimum atomic E-state index is 0.290. The maximum Gasteiger partial charge on any atom is 0.0589 e. The van der Waals surface area contributed by atoms with Crippen LogP contribution in [-0.2, 0) is 9.47 Å². The fourth-order valence-electron chi connectivity index (χ4n) is 3.23. The number of hydrogen-bond acceptors (Lipinski definition) is 4. The Morgan fingerprint density at radius 1 is 1.43 bits per heavy atom. The van der Waals surface area contributed by atoms with Gasteiger partial charge in [0.25, 0.3) is 0 Å². The fourth-order valence-corrected chi connectivity index (χ4v) is 3.23. The maximum absolute atomic E-state index is 5.86. The van der Waals surface area contributed by atoms with E-state index in [1.165, 1.54) is 32.1 Å². The van der Waals surface area contributed by atoms with Gasteiger partial charge in [-0.3, -0.25) is 4.90 Å². The highest BCUT2D eigenvalue weighted by molar-refractivity contribution is 4.92. The van der Waals surface area contributed by atoms with Gasteiger partial charge in [0.1, 0.15) is 0 Å². The summed E-state index contributed by atoms with van der Waals surface area (Å²) >= 11 is 0. The Balaban J connectivity index is 1.95. The standard InChI is InChI=1S/C17H34N2O2/c1-4-15(2)19(9-11-20-3)13-17(8-5-10-21-14-17)12-18-16-6-7-16/h15-16,18H,4-14H2,1-3H3. The van der Waals surface area contributed by atoms with Crippen LogP contribution in [0.5, 0.6) is 0 Å². The molecule has 0 aromatic carbocycles. The summed E-state index contributed by atoms with van der Waals surface area (Å²) in [5, 5.41) is 3.75. The molecular weight excluding hydrogens is 264 g/mol. The van der Waals surface area contributed by atoms with Gasteiger partial charge in [-0.1, -0.05) is 6.92 Å². The van der Waals surface area contributed by atoms with E-state index in [2.05, 4.69) is 24.1 Å². The Morgan fingerprint density at radius 3 is 2.81 bits per heavy atom. The third kappa shape index (κ3) is 5.51. The Labute approximate surface area is 130 Å². The quantitative estimate of drug-likeness (QED) is 0.671. The molecule has 2 atom stereocenters. The zero-order valence-corrected chi connectivity index (χ0v) is 14.2. The van der Waals surface area contributed by atoms with Crippen molar-refractivity contribution in [3.63, 3.8) is 0 Å². The molecule has 2 fully saturated rings. The summed E-state index contributed by atoms with van der Waals surface area (Å²) in [7, 11) is 1.79. The van der Waals surface area contributed by atoms with E-state index < -0.39 is 0 Å². The highest BCUT2D eigenvalue weighted by Gasteiger charge is 2.37. The lowest BCUT2D eigenvalue weighted by Crippen LogP contribution is -2.51. The van der Waals surface area contributed by atoms with Crippen LogP contribution in [0.4, 0.5) is 0 Å². The predicted octanol–water partition coefficient (Wildman–Crippen LogP) is 2.28. The second-order valence-corrected chi connectivity index (χ2v) is 7.03. The number of nitrogens with zero attached hydrogens (tertiary/aromatic N) is 1. The first-order valence-corrected chi connectivity index (χ1v) is 8.73. The number of hydrogen-bond donors (Lipinski definition) is 1. The van der Waals surface area contributed by atoms with E-state index in [0.717, 1.165) is 45.5 Å². The molecule has 2 rings (SSSR count). The molecule has 1 saturated heterocycles. The third-order valence-electron chi connectivity index (χ3n) is 5.08. The molecule has 1 aliphatic carbocycles. The molecule has 1 saturated carbocycles. The second kappa shape index (κ2) is 8.47. The van der Waals surface area contributed by atoms with Crippen LogP contribution in [0.2, 0.25) is 0 Å². The predicted molar refractivity (Wildman–Crippen MR) is 86.7 cm³/mol. The molecule has 1 heterocycles. The minimum absolute atomic E-state index is 0.290. The molecular formula is C17H34N2O2. The minimum Gasteiger partial charge on any atom is -0.383 e. The van der Waals surface area contributed by atoms with E-state index in [1.807, 2.05) is 0 Å². The first-order valence-electron chi connectivity index (χ1n) is 8.73. The largest absolute Gasteiger partial charge is 0.383 e. The Hall–Kier alpha value is -0.160. The molecule has 0 aromatic heterocycles. The molecule has 4 nitrogen and oxygen atoms in total. The highest BCUT2D eigenvalue weighted by Crippen LogP contribution is 2.31. The van der Waals surface area contributed by atoms with Gasteiger partial charge in [-0.15, -0.1) is 0 Å². The van der Waals surface area contributed by atoms with E-state index in [9.17, 15) is 0 Å². The average Bonchev–Trinajstić information content (AvgIpc) is 3.34. The van der Waals surface area contributed by atoms with Gasteiger partial charge >= 0.3 is 0 Å². The summed E-state index contributed by atoms with van der Waals surface area (Å²) < 4.78 is 11.2. The third-order valence-corrected chi connectivity index (χ3v) is 5.08. The van der Waals surface area contributed by atoms with E-state index in [0.29, 0.717) is 6.04 Å². The molecule has 124 valence electrons. The fraction of sp³-hybridized carbons (Fsp3) is 1.00. The maximum atomic E-state index is 5.86. The van der Waals surface area contributed by atoms with Gasteiger partial charge in [0.05, 0.1) is 13.2 Å². The van der Waals surface area contributed by atoms with Gasteiger partial charge in [0.2, 0.25) is 0 Å². The summed E-state index contributed by atoms with van der Waals surface area (Å²) in [6, 6.07) is 1.39. The van der Waals surface area contributed by atoms with E-state index in [-0.39, 0.29) is 5.41 Å². The van der Waals surface area contributed by atoms with Crippen molar-refractivity contribution < 1.29 is 9.47 Å². The number of rotatable bonds is 10. The Bertz CT molecular complexity index is 289. The van der Waals surface area contributed by atoms with Crippen molar-refractivity contribution in [1.82, 2.24) is 10.2 Å². The van der Waals surface area contributed by atoms with Gasteiger partial charge in [0, 0.05) is 50.8 Å². The number of nitrogens with one attached hydrogen (secondary N) is 1. The first kappa shape index (κ1) is 17.2. The molecule has 2 aliphatic rings. The topological polar surface area (TPSA) is 33.7 Å². The molecule has 21 heavy (non-hydrogen) atoms. The molecule has 0 amide bonds. The monoisotopic (exact) mass is 298 g/mol. The van der Waals surface area contributed by atoms with Gasteiger partial charge in [-0.2, -0.15) is 0 Å². The van der Waals surface area contributed by atoms with Crippen molar-refractivity contribution in [2.75, 3.05) is 46.6 Å². The van der Waals surface area contributed by atoms with Crippen LogP contribution in [0.15, 0.2) is 0 Å². The van der Waals surface area contributed by atoms with Crippen LogP contribution in [0.1, 0.15) is 46.0 Å². The number of ether oxygens (including phenoxy) is 2. The smallest absolute Gasteiger partial charge is 0.0589 e. The van der Waals surface area contributed by atoms with Crippen LogP contribution in [-0.4, -0.2) is 63.5 Å². The van der Waals surface area contributed by atoms with Gasteiger partial charge in [0.15, 0.2) is 0 Å². The van der Waals surface area contributed by atoms with Crippen molar-refractivity contribution in [3.8, 4) is 0 Å². The van der Waals surface area contributed by atoms with Crippen LogP contribution < -0.4 is 5.32 Å². The normalized spacial score (nSPS) is 28.0. The molecule has 2 unspecified atom stereocenters. The van der Waals surface area contributed by atoms with Gasteiger partial charge < -0.3 is 14.8 Å². The summed E-state index contributed by atoms with van der Waals surface area (Å²) in [4.78, 5) is 2.60. The van der Waals surface area contributed by atoms with Crippen molar-refractivity contribution >= 4 is 0 Å². The van der Waals surface area contributed by atoms with Gasteiger partial charge in [-0.25, -0.2) is 0 Å². The summed E-state index contributed by atoms with van der Waals surface area (Å²) in [6.45, 7) is 10.5. The molecule has 4 heteroatoms. The second-order valence-electron chi connectivity index (χ2n) is 7.03. The highest BCUT2D eigenvalue weighted by atomic mass is 16.5. The summed E-state index contributed by atoms with van der Waals surface area (Å²) in [6.07, 6.45) is 6.39. The van der Waals surface area contributed by atoms with Crippen LogP contribution in [0.25, 0.3) is 0 Å². The first-order chi connectivity index (χ1) is 10.2. The van der Waals surface area contributed by atoms with Crippen molar-refractivity contribution in [3.05, 3.63) is 0 Å². The van der Waals surface area contributed by atoms with Gasteiger partial charge in [-0.05, 0) is 39.0 Å². The van der Waals surface area contributed by atoms with Crippen molar-refractivity contribution in [2.45, 2.75) is 58.0 Å².